The fourth-order valence-electron chi connectivity index (χ4n) is 1.14. The molecule has 0 N–H and O–H groups in total. The van der Waals surface area contributed by atoms with Gasteiger partial charge in [0.15, 0.2) is 0 Å². The highest BCUT2D eigenvalue weighted by molar-refractivity contribution is 9.11. The minimum absolute atomic E-state index is 0.294. The van der Waals surface area contributed by atoms with Crippen LogP contribution >= 0.6 is 15.9 Å². The van der Waals surface area contributed by atoms with Crippen molar-refractivity contribution < 1.29 is 13.9 Å². The summed E-state index contributed by atoms with van der Waals surface area (Å²) >= 11 is 3.22. The summed E-state index contributed by atoms with van der Waals surface area (Å²) in [6.45, 7) is 9.44. The molecule has 1 heterocycles. The summed E-state index contributed by atoms with van der Waals surface area (Å²) in [4.78, 5) is 13.4. The van der Waals surface area contributed by atoms with Crippen LogP contribution in [0.4, 0.5) is 10.7 Å². The van der Waals surface area contributed by atoms with E-state index < -0.39 is 11.7 Å². The van der Waals surface area contributed by atoms with E-state index in [0.717, 1.165) is 0 Å². The molecule has 0 radical (unpaired) electrons. The Labute approximate surface area is 109 Å². The smallest absolute Gasteiger partial charge is 0.417 e. The van der Waals surface area contributed by atoms with E-state index in [1.165, 1.54) is 11.2 Å². The van der Waals surface area contributed by atoms with E-state index in [-0.39, 0.29) is 0 Å². The van der Waals surface area contributed by atoms with Gasteiger partial charge in [0.05, 0.1) is 12.8 Å². The van der Waals surface area contributed by atoms with E-state index in [2.05, 4.69) is 22.5 Å². The highest BCUT2D eigenvalue weighted by Gasteiger charge is 2.25. The molecule has 1 aromatic rings. The molecule has 0 aliphatic rings. The van der Waals surface area contributed by atoms with Crippen molar-refractivity contribution in [3.8, 4) is 0 Å². The first-order valence-corrected chi connectivity index (χ1v) is 5.96. The summed E-state index contributed by atoms with van der Waals surface area (Å²) in [6, 6.07) is 3.41. The van der Waals surface area contributed by atoms with Gasteiger partial charge in [-0.25, -0.2) is 9.69 Å². The fraction of sp³-hybridized carbons (Fsp3) is 0.417. The Bertz CT molecular complexity index is 392. The third-order valence-electron chi connectivity index (χ3n) is 1.72. The van der Waals surface area contributed by atoms with E-state index in [1.807, 2.05) is 20.8 Å². The minimum Gasteiger partial charge on any atom is -0.448 e. The predicted molar refractivity (Wildman–Crippen MR) is 70.4 cm³/mol. The predicted octanol–water partition coefficient (Wildman–Crippen LogP) is 3.93. The summed E-state index contributed by atoms with van der Waals surface area (Å²) in [6.07, 6.45) is 1.04. The van der Waals surface area contributed by atoms with Gasteiger partial charge in [-0.15, -0.1) is 0 Å². The zero-order chi connectivity index (χ0) is 13.1. The number of hydrogen-bond acceptors (Lipinski definition) is 3. The number of ether oxygens (including phenoxy) is 1. The monoisotopic (exact) mass is 301 g/mol. The Morgan fingerprint density at radius 3 is 2.65 bits per heavy atom. The number of anilines is 1. The molecule has 0 aliphatic heterocycles. The van der Waals surface area contributed by atoms with Crippen LogP contribution in [-0.4, -0.2) is 18.2 Å². The maximum Gasteiger partial charge on any atom is 0.417 e. The van der Waals surface area contributed by atoms with Crippen molar-refractivity contribution in [3.63, 3.8) is 0 Å². The maximum absolute atomic E-state index is 12.0. The molecule has 0 spiro atoms. The number of amides is 1. The van der Waals surface area contributed by atoms with Gasteiger partial charge in [0.2, 0.25) is 5.88 Å². The van der Waals surface area contributed by atoms with Crippen LogP contribution < -0.4 is 4.90 Å². The van der Waals surface area contributed by atoms with E-state index in [0.29, 0.717) is 16.9 Å². The summed E-state index contributed by atoms with van der Waals surface area (Å²) in [5.74, 6) is 0.430. The Hall–Kier alpha value is -1.23. The van der Waals surface area contributed by atoms with Gasteiger partial charge in [-0.05, 0) is 26.8 Å². The van der Waals surface area contributed by atoms with Crippen molar-refractivity contribution in [3.05, 3.63) is 29.5 Å². The largest absolute Gasteiger partial charge is 0.448 e. The van der Waals surface area contributed by atoms with E-state index >= 15 is 0 Å². The van der Waals surface area contributed by atoms with Crippen LogP contribution in [0.1, 0.15) is 20.8 Å². The third kappa shape index (κ3) is 4.65. The van der Waals surface area contributed by atoms with Crippen molar-refractivity contribution in [2.24, 2.45) is 0 Å². The number of hydrogen-bond donors (Lipinski definition) is 0. The first kappa shape index (κ1) is 13.8. The van der Waals surface area contributed by atoms with Crippen LogP contribution in [0.25, 0.3) is 0 Å². The molecule has 17 heavy (non-hydrogen) atoms. The van der Waals surface area contributed by atoms with Crippen molar-refractivity contribution in [2.75, 3.05) is 11.4 Å². The lowest BCUT2D eigenvalue weighted by Crippen LogP contribution is -2.37. The van der Waals surface area contributed by atoms with Crippen molar-refractivity contribution >= 4 is 27.9 Å². The molecule has 4 nitrogen and oxygen atoms in total. The number of carbonyl (C=O) groups excluding carboxylic acids is 1. The number of halogens is 1. The van der Waals surface area contributed by atoms with Gasteiger partial charge in [0.25, 0.3) is 0 Å². The normalized spacial score (nSPS) is 11.1. The Balaban J connectivity index is 2.84. The minimum atomic E-state index is -0.546. The molecule has 1 amide bonds. The number of carbonyl (C=O) groups is 1. The Kier molecular flexibility index (Phi) is 4.40. The summed E-state index contributed by atoms with van der Waals surface area (Å²) in [7, 11) is 0. The molecule has 1 rings (SSSR count). The van der Waals surface area contributed by atoms with Crippen LogP contribution in [-0.2, 0) is 4.74 Å². The lowest BCUT2D eigenvalue weighted by molar-refractivity contribution is 0.0578. The number of nitrogens with zero attached hydrogens (tertiary/aromatic N) is 1. The fourth-order valence-corrected chi connectivity index (χ4v) is 1.40. The average molecular weight is 302 g/mol. The average Bonchev–Trinajstić information content (AvgIpc) is 2.63. The van der Waals surface area contributed by atoms with E-state index in [4.69, 9.17) is 9.15 Å². The molecule has 0 saturated heterocycles. The molecular weight excluding hydrogens is 286 g/mol. The SMILES string of the molecule is C=C(Br)CN(C(=O)OC(C)(C)C)c1ccco1. The first-order chi connectivity index (χ1) is 7.79. The highest BCUT2D eigenvalue weighted by Crippen LogP contribution is 2.20. The summed E-state index contributed by atoms with van der Waals surface area (Å²) in [5, 5.41) is 0. The molecule has 0 fully saturated rings. The third-order valence-corrected chi connectivity index (χ3v) is 1.97. The van der Waals surface area contributed by atoms with Gasteiger partial charge >= 0.3 is 6.09 Å². The van der Waals surface area contributed by atoms with Gasteiger partial charge in [0, 0.05) is 10.5 Å². The maximum atomic E-state index is 12.0. The standard InChI is InChI=1S/C12H16BrNO3/c1-9(13)8-14(10-6-5-7-16-10)11(15)17-12(2,3)4/h5-7H,1,8H2,2-4H3. The second-order valence-corrected chi connectivity index (χ2v) is 5.66. The molecule has 0 unspecified atom stereocenters. The molecule has 0 atom stereocenters. The van der Waals surface area contributed by atoms with Crippen LogP contribution in [0, 0.1) is 0 Å². The Morgan fingerprint density at radius 1 is 1.59 bits per heavy atom. The van der Waals surface area contributed by atoms with Crippen molar-refractivity contribution in [2.45, 2.75) is 26.4 Å². The second kappa shape index (κ2) is 5.40. The second-order valence-electron chi connectivity index (χ2n) is 4.54. The molecule has 0 aliphatic carbocycles. The molecule has 1 aromatic heterocycles. The van der Waals surface area contributed by atoms with Crippen LogP contribution in [0.3, 0.4) is 0 Å². The van der Waals surface area contributed by atoms with E-state index in [1.54, 1.807) is 12.1 Å². The van der Waals surface area contributed by atoms with Crippen LogP contribution in [0.2, 0.25) is 0 Å². The van der Waals surface area contributed by atoms with Crippen molar-refractivity contribution in [1.82, 2.24) is 0 Å². The van der Waals surface area contributed by atoms with Gasteiger partial charge in [-0.2, -0.15) is 0 Å². The quantitative estimate of drug-likeness (QED) is 0.849. The van der Waals surface area contributed by atoms with Crippen LogP contribution in [0.5, 0.6) is 0 Å². The zero-order valence-electron chi connectivity index (χ0n) is 10.2. The molecule has 5 heteroatoms. The zero-order valence-corrected chi connectivity index (χ0v) is 11.8. The molecular formula is C12H16BrNO3. The lowest BCUT2D eigenvalue weighted by Gasteiger charge is -2.25. The molecule has 0 aromatic carbocycles. The lowest BCUT2D eigenvalue weighted by atomic mass is 10.2. The summed E-state index contributed by atoms with van der Waals surface area (Å²) in [5.41, 5.74) is -0.546. The van der Waals surface area contributed by atoms with Gasteiger partial charge in [-0.1, -0.05) is 22.5 Å². The van der Waals surface area contributed by atoms with Gasteiger partial charge in [0.1, 0.15) is 5.60 Å². The molecule has 94 valence electrons. The number of furan rings is 1. The topological polar surface area (TPSA) is 42.7 Å². The number of rotatable bonds is 3. The highest BCUT2D eigenvalue weighted by atomic mass is 79.9. The van der Waals surface area contributed by atoms with E-state index in [9.17, 15) is 4.79 Å². The van der Waals surface area contributed by atoms with Gasteiger partial charge < -0.3 is 9.15 Å². The molecule has 0 saturated carbocycles. The Morgan fingerprint density at radius 2 is 2.24 bits per heavy atom. The van der Waals surface area contributed by atoms with Crippen molar-refractivity contribution in [1.29, 1.82) is 0 Å². The van der Waals surface area contributed by atoms with Crippen LogP contribution in [0.15, 0.2) is 33.9 Å². The first-order valence-electron chi connectivity index (χ1n) is 5.17. The molecule has 0 bridgehead atoms. The van der Waals surface area contributed by atoms with Gasteiger partial charge in [-0.3, -0.25) is 0 Å². The summed E-state index contributed by atoms with van der Waals surface area (Å²) < 4.78 is 11.2.